The number of rotatable bonds is 15. The van der Waals surface area contributed by atoms with Crippen molar-refractivity contribution in [2.24, 2.45) is 17.2 Å². The molecule has 38 heavy (non-hydrogen) atoms. The van der Waals surface area contributed by atoms with E-state index in [9.17, 15) is 24.3 Å². The van der Waals surface area contributed by atoms with Crippen LogP contribution in [0.1, 0.15) is 37.3 Å². The molecule has 11 nitrogen and oxygen atoms in total. The fraction of sp³-hybridized carbons (Fsp3) is 0.407. The monoisotopic (exact) mass is 526 g/mol. The maximum atomic E-state index is 13.2. The topological polar surface area (TPSA) is 203 Å². The molecule has 0 saturated carbocycles. The van der Waals surface area contributed by atoms with Gasteiger partial charge < -0.3 is 38.3 Å². The number of benzene rings is 2. The summed E-state index contributed by atoms with van der Waals surface area (Å²) in [5.74, 6) is -2.37. The summed E-state index contributed by atoms with van der Waals surface area (Å²) in [6.07, 6.45) is 2.10. The molecule has 11 heteroatoms. The molecule has 0 saturated heterocycles. The molecule has 0 bridgehead atoms. The lowest BCUT2D eigenvalue weighted by Gasteiger charge is -2.24. The second kappa shape index (κ2) is 15.3. The normalized spacial score (nSPS) is 14.0. The number of nitrogens with one attached hydrogen (secondary N) is 3. The van der Waals surface area contributed by atoms with Gasteiger partial charge in [-0.25, -0.2) is 0 Å². The smallest absolute Gasteiger partial charge is 0.243 e. The van der Waals surface area contributed by atoms with Crippen LogP contribution in [-0.2, 0) is 32.0 Å². The lowest BCUT2D eigenvalue weighted by Crippen LogP contribution is -2.57. The van der Waals surface area contributed by atoms with Crippen LogP contribution in [0.3, 0.4) is 0 Å². The summed E-state index contributed by atoms with van der Waals surface area (Å²) in [5.41, 5.74) is 18.5. The molecule has 4 atom stereocenters. The van der Waals surface area contributed by atoms with Crippen LogP contribution in [-0.4, -0.2) is 59.4 Å². The second-order valence-electron chi connectivity index (χ2n) is 9.21. The van der Waals surface area contributed by atoms with E-state index in [1.807, 2.05) is 30.3 Å². The number of carbonyl (C=O) groups excluding carboxylic acids is 4. The molecule has 0 fully saturated rings. The van der Waals surface area contributed by atoms with Crippen molar-refractivity contribution in [2.75, 3.05) is 6.54 Å². The lowest BCUT2D eigenvalue weighted by atomic mass is 10.0. The molecule has 0 aliphatic heterocycles. The number of phenols is 1. The second-order valence-corrected chi connectivity index (χ2v) is 9.21. The van der Waals surface area contributed by atoms with E-state index in [2.05, 4.69) is 16.0 Å². The standard InChI is InChI=1S/C27H38N6O5/c1-17(25(36)32-22(24(30)35)15-18-7-3-2-4-8-18)31-27(38)23(16-19-10-12-20(34)13-11-19)33-26(37)21(29)9-5-6-14-28/h2-4,7-8,10-13,17,21-23,34H,5-6,9,14-16,28-29H2,1H3,(H2,30,35)(H,31,38)(H,32,36)(H,33,37)/t17-,21+,22+,23+/m1/s1. The predicted molar refractivity (Wildman–Crippen MR) is 143 cm³/mol. The van der Waals surface area contributed by atoms with Crippen LogP contribution in [0.25, 0.3) is 0 Å². The molecule has 0 aliphatic carbocycles. The third kappa shape index (κ3) is 10.2. The largest absolute Gasteiger partial charge is 0.508 e. The number of carbonyl (C=O) groups is 4. The summed E-state index contributed by atoms with van der Waals surface area (Å²) in [7, 11) is 0. The SMILES string of the molecule is C[C@@H](NC(=O)[C@H](Cc1ccc(O)cc1)NC(=O)[C@@H](N)CCCCN)C(=O)N[C@@H](Cc1ccccc1)C(N)=O. The Hall–Kier alpha value is -3.96. The van der Waals surface area contributed by atoms with E-state index in [0.717, 1.165) is 12.0 Å². The van der Waals surface area contributed by atoms with Gasteiger partial charge >= 0.3 is 0 Å². The van der Waals surface area contributed by atoms with E-state index in [0.29, 0.717) is 24.9 Å². The van der Waals surface area contributed by atoms with Gasteiger partial charge in [-0.1, -0.05) is 48.9 Å². The predicted octanol–water partition coefficient (Wildman–Crippen LogP) is -0.407. The molecule has 0 unspecified atom stereocenters. The highest BCUT2D eigenvalue weighted by molar-refractivity contribution is 5.94. The number of amides is 4. The Bertz CT molecular complexity index is 1060. The van der Waals surface area contributed by atoms with E-state index in [1.165, 1.54) is 19.1 Å². The number of hydrogen-bond acceptors (Lipinski definition) is 7. The highest BCUT2D eigenvalue weighted by atomic mass is 16.3. The first-order valence-corrected chi connectivity index (χ1v) is 12.6. The van der Waals surface area contributed by atoms with E-state index >= 15 is 0 Å². The molecule has 0 aromatic heterocycles. The Balaban J connectivity index is 2.07. The number of primary amides is 1. The van der Waals surface area contributed by atoms with Gasteiger partial charge in [-0.3, -0.25) is 19.2 Å². The quantitative estimate of drug-likeness (QED) is 0.153. The first-order chi connectivity index (χ1) is 18.1. The average molecular weight is 527 g/mol. The Morgan fingerprint density at radius 2 is 1.37 bits per heavy atom. The van der Waals surface area contributed by atoms with Crippen molar-refractivity contribution in [2.45, 2.75) is 63.2 Å². The first kappa shape index (κ1) is 30.3. The molecule has 2 rings (SSSR count). The maximum absolute atomic E-state index is 13.2. The summed E-state index contributed by atoms with van der Waals surface area (Å²) in [6, 6.07) is 11.4. The molecule has 0 spiro atoms. The van der Waals surface area contributed by atoms with Gasteiger partial charge in [0.05, 0.1) is 6.04 Å². The van der Waals surface area contributed by atoms with Crippen LogP contribution in [0, 0.1) is 0 Å². The number of unbranched alkanes of at least 4 members (excludes halogenated alkanes) is 1. The minimum absolute atomic E-state index is 0.0607. The van der Waals surface area contributed by atoms with Gasteiger partial charge in [0.25, 0.3) is 0 Å². The van der Waals surface area contributed by atoms with E-state index in [1.54, 1.807) is 12.1 Å². The Morgan fingerprint density at radius 3 is 1.97 bits per heavy atom. The third-order valence-electron chi connectivity index (χ3n) is 6.01. The molecule has 4 amide bonds. The molecule has 2 aromatic rings. The summed E-state index contributed by atoms with van der Waals surface area (Å²) < 4.78 is 0. The zero-order valence-corrected chi connectivity index (χ0v) is 21.6. The van der Waals surface area contributed by atoms with Gasteiger partial charge in [0.1, 0.15) is 23.9 Å². The van der Waals surface area contributed by atoms with Gasteiger partial charge in [-0.2, -0.15) is 0 Å². The van der Waals surface area contributed by atoms with Crippen LogP contribution in [0.15, 0.2) is 54.6 Å². The van der Waals surface area contributed by atoms with Gasteiger partial charge in [0.2, 0.25) is 23.6 Å². The van der Waals surface area contributed by atoms with Crippen molar-refractivity contribution in [1.82, 2.24) is 16.0 Å². The highest BCUT2D eigenvalue weighted by Crippen LogP contribution is 2.12. The minimum atomic E-state index is -1.04. The Kier molecular flexibility index (Phi) is 12.2. The average Bonchev–Trinajstić information content (AvgIpc) is 2.89. The summed E-state index contributed by atoms with van der Waals surface area (Å²) >= 11 is 0. The van der Waals surface area contributed by atoms with Crippen molar-refractivity contribution >= 4 is 23.6 Å². The maximum Gasteiger partial charge on any atom is 0.243 e. The zero-order valence-electron chi connectivity index (χ0n) is 21.6. The first-order valence-electron chi connectivity index (χ1n) is 12.6. The fourth-order valence-electron chi connectivity index (χ4n) is 3.74. The lowest BCUT2D eigenvalue weighted by molar-refractivity contribution is -0.133. The van der Waals surface area contributed by atoms with Crippen molar-refractivity contribution < 1.29 is 24.3 Å². The van der Waals surface area contributed by atoms with Crippen LogP contribution >= 0.6 is 0 Å². The van der Waals surface area contributed by atoms with Gasteiger partial charge in [0.15, 0.2) is 0 Å². The molecule has 2 aromatic carbocycles. The number of aromatic hydroxyl groups is 1. The highest BCUT2D eigenvalue weighted by Gasteiger charge is 2.28. The van der Waals surface area contributed by atoms with Crippen molar-refractivity contribution in [3.63, 3.8) is 0 Å². The molecular formula is C27H38N6O5. The zero-order chi connectivity index (χ0) is 28.1. The van der Waals surface area contributed by atoms with Crippen LogP contribution in [0.4, 0.5) is 0 Å². The Labute approximate surface area is 222 Å². The van der Waals surface area contributed by atoms with Gasteiger partial charge in [0, 0.05) is 12.8 Å². The molecule has 0 radical (unpaired) electrons. The molecule has 10 N–H and O–H groups in total. The summed E-state index contributed by atoms with van der Waals surface area (Å²) in [6.45, 7) is 1.95. The van der Waals surface area contributed by atoms with E-state index < -0.39 is 47.8 Å². The van der Waals surface area contributed by atoms with Gasteiger partial charge in [-0.15, -0.1) is 0 Å². The summed E-state index contributed by atoms with van der Waals surface area (Å²) in [5, 5.41) is 17.4. The Morgan fingerprint density at radius 1 is 0.789 bits per heavy atom. The molecule has 0 aliphatic rings. The summed E-state index contributed by atoms with van der Waals surface area (Å²) in [4.78, 5) is 50.6. The van der Waals surface area contributed by atoms with Crippen LogP contribution in [0.2, 0.25) is 0 Å². The van der Waals surface area contributed by atoms with Crippen molar-refractivity contribution in [1.29, 1.82) is 0 Å². The third-order valence-corrected chi connectivity index (χ3v) is 6.01. The van der Waals surface area contributed by atoms with Crippen molar-refractivity contribution in [3.8, 4) is 5.75 Å². The number of phenolic OH excluding ortho intramolecular Hbond substituents is 1. The molecule has 0 heterocycles. The van der Waals surface area contributed by atoms with Crippen molar-refractivity contribution in [3.05, 3.63) is 65.7 Å². The number of hydrogen-bond donors (Lipinski definition) is 7. The van der Waals surface area contributed by atoms with Crippen LogP contribution in [0.5, 0.6) is 5.75 Å². The van der Waals surface area contributed by atoms with Crippen LogP contribution < -0.4 is 33.2 Å². The molecular weight excluding hydrogens is 488 g/mol. The van der Waals surface area contributed by atoms with Gasteiger partial charge in [-0.05, 0) is 49.6 Å². The minimum Gasteiger partial charge on any atom is -0.508 e. The van der Waals surface area contributed by atoms with E-state index in [4.69, 9.17) is 17.2 Å². The number of nitrogens with two attached hydrogens (primary N) is 3. The van der Waals surface area contributed by atoms with E-state index in [-0.39, 0.29) is 18.6 Å². The fourth-order valence-corrected chi connectivity index (χ4v) is 3.74. The molecule has 206 valence electrons.